The van der Waals surface area contributed by atoms with Crippen LogP contribution in [0.4, 0.5) is 13.2 Å². The van der Waals surface area contributed by atoms with Gasteiger partial charge in [0, 0.05) is 50.9 Å². The Morgan fingerprint density at radius 3 is 2.54 bits per heavy atom. The van der Waals surface area contributed by atoms with E-state index >= 15 is 0 Å². The molecule has 1 saturated carbocycles. The van der Waals surface area contributed by atoms with Crippen LogP contribution in [0.1, 0.15) is 55.4 Å². The molecule has 35 heavy (non-hydrogen) atoms. The van der Waals surface area contributed by atoms with E-state index in [9.17, 15) is 22.8 Å². The van der Waals surface area contributed by atoms with Crippen molar-refractivity contribution < 1.29 is 32.2 Å². The zero-order chi connectivity index (χ0) is 24.8. The van der Waals surface area contributed by atoms with Gasteiger partial charge < -0.3 is 19.7 Å². The maximum absolute atomic E-state index is 12.9. The van der Waals surface area contributed by atoms with Gasteiger partial charge in [-0.05, 0) is 63.0 Å². The Kier molecular flexibility index (Phi) is 8.51. The summed E-state index contributed by atoms with van der Waals surface area (Å²) in [6.07, 6.45) is 0.637. The molecule has 0 radical (unpaired) electrons. The Morgan fingerprint density at radius 1 is 1.09 bits per heavy atom. The lowest BCUT2D eigenvalue weighted by atomic mass is 9.81. The molecular formula is C25H34F3N3O4. The number of rotatable bonds is 7. The summed E-state index contributed by atoms with van der Waals surface area (Å²) < 4.78 is 50.0. The molecule has 1 atom stereocenters. The molecule has 3 heterocycles. The minimum atomic E-state index is -4.17. The minimum Gasteiger partial charge on any atom is -0.491 e. The van der Waals surface area contributed by atoms with Crippen molar-refractivity contribution in [2.75, 3.05) is 39.5 Å². The number of hydrogen-bond acceptors (Lipinski definition) is 5. The highest BCUT2D eigenvalue weighted by atomic mass is 19.4. The maximum Gasteiger partial charge on any atom is 0.391 e. The first-order valence-electron chi connectivity index (χ1n) is 12.6. The first-order valence-corrected chi connectivity index (χ1v) is 12.6. The number of ether oxygens (including phenoxy) is 2. The Labute approximate surface area is 203 Å². The second-order valence-electron chi connectivity index (χ2n) is 9.96. The van der Waals surface area contributed by atoms with Gasteiger partial charge in [-0.15, -0.1) is 0 Å². The molecule has 1 aromatic rings. The Morgan fingerprint density at radius 2 is 1.83 bits per heavy atom. The van der Waals surface area contributed by atoms with Gasteiger partial charge in [-0.2, -0.15) is 13.2 Å². The lowest BCUT2D eigenvalue weighted by Crippen LogP contribution is -2.38. The molecule has 0 spiro atoms. The van der Waals surface area contributed by atoms with E-state index in [4.69, 9.17) is 9.47 Å². The Bertz CT molecular complexity index is 868. The smallest absolute Gasteiger partial charge is 0.391 e. The van der Waals surface area contributed by atoms with E-state index in [1.807, 2.05) is 0 Å². The molecule has 2 amide bonds. The van der Waals surface area contributed by atoms with Gasteiger partial charge in [0.05, 0.1) is 12.5 Å². The van der Waals surface area contributed by atoms with Crippen molar-refractivity contribution in [1.29, 1.82) is 0 Å². The number of alkyl halides is 3. The molecule has 2 aliphatic heterocycles. The maximum atomic E-state index is 12.9. The third-order valence-corrected chi connectivity index (χ3v) is 7.49. The number of nitrogens with zero attached hydrogens (tertiary/aromatic N) is 2. The van der Waals surface area contributed by atoms with Crippen LogP contribution in [-0.4, -0.2) is 67.3 Å². The van der Waals surface area contributed by atoms with Crippen LogP contribution in [0.15, 0.2) is 18.3 Å². The largest absolute Gasteiger partial charge is 0.491 e. The standard InChI is InChI=1S/C25H34F3N3O4/c26-25(27,28)20-5-3-19(4-6-20)24(33)31-11-7-18(15-31)16-35-21-2-1-10-29-22(21)23(32)30-14-17-8-12-34-13-9-17/h1-2,10,17-20H,3-9,11-16H2,(H,30,32)/t18?,19-,20-. The fourth-order valence-electron chi connectivity index (χ4n) is 5.25. The van der Waals surface area contributed by atoms with Crippen molar-refractivity contribution >= 4 is 11.8 Å². The molecule has 0 bridgehead atoms. The number of likely N-dealkylation sites (tertiary alicyclic amines) is 1. The van der Waals surface area contributed by atoms with E-state index < -0.39 is 12.1 Å². The molecule has 2 saturated heterocycles. The van der Waals surface area contributed by atoms with Crippen LogP contribution < -0.4 is 10.1 Å². The van der Waals surface area contributed by atoms with Crippen molar-refractivity contribution in [3.63, 3.8) is 0 Å². The number of amides is 2. The highest BCUT2D eigenvalue weighted by Crippen LogP contribution is 2.40. The predicted molar refractivity (Wildman–Crippen MR) is 122 cm³/mol. The predicted octanol–water partition coefficient (Wildman–Crippen LogP) is 3.83. The van der Waals surface area contributed by atoms with Crippen molar-refractivity contribution in [1.82, 2.24) is 15.2 Å². The minimum absolute atomic E-state index is 0.0284. The summed E-state index contributed by atoms with van der Waals surface area (Å²) in [6, 6.07) is 3.43. The molecule has 4 rings (SSSR count). The summed E-state index contributed by atoms with van der Waals surface area (Å²) in [5, 5.41) is 2.95. The number of hydrogen-bond donors (Lipinski definition) is 1. The fraction of sp³-hybridized carbons (Fsp3) is 0.720. The number of nitrogens with one attached hydrogen (secondary N) is 1. The average Bonchev–Trinajstić information content (AvgIpc) is 3.35. The van der Waals surface area contributed by atoms with E-state index in [2.05, 4.69) is 10.3 Å². The zero-order valence-electron chi connectivity index (χ0n) is 19.9. The van der Waals surface area contributed by atoms with Crippen LogP contribution in [0, 0.1) is 23.7 Å². The van der Waals surface area contributed by atoms with E-state index in [1.165, 1.54) is 0 Å². The third-order valence-electron chi connectivity index (χ3n) is 7.49. The summed E-state index contributed by atoms with van der Waals surface area (Å²) in [7, 11) is 0. The van der Waals surface area contributed by atoms with E-state index in [-0.39, 0.29) is 42.2 Å². The third kappa shape index (κ3) is 6.86. The van der Waals surface area contributed by atoms with Gasteiger partial charge in [0.25, 0.3) is 5.91 Å². The lowest BCUT2D eigenvalue weighted by Gasteiger charge is -2.31. The molecule has 7 nitrogen and oxygen atoms in total. The molecule has 3 aliphatic rings. The normalized spacial score (nSPS) is 25.9. The Balaban J connectivity index is 1.23. The van der Waals surface area contributed by atoms with Gasteiger partial charge >= 0.3 is 6.18 Å². The number of pyridine rings is 1. The van der Waals surface area contributed by atoms with Gasteiger partial charge in [-0.1, -0.05) is 0 Å². The van der Waals surface area contributed by atoms with Crippen LogP contribution in [0.25, 0.3) is 0 Å². The number of halogens is 3. The van der Waals surface area contributed by atoms with Crippen LogP contribution >= 0.6 is 0 Å². The second kappa shape index (κ2) is 11.6. The van der Waals surface area contributed by atoms with Crippen molar-refractivity contribution in [3.05, 3.63) is 24.0 Å². The van der Waals surface area contributed by atoms with Gasteiger partial charge in [0.15, 0.2) is 11.4 Å². The first-order chi connectivity index (χ1) is 16.8. The van der Waals surface area contributed by atoms with Crippen LogP contribution in [0.5, 0.6) is 5.75 Å². The van der Waals surface area contributed by atoms with Gasteiger partial charge in [0.2, 0.25) is 5.91 Å². The number of carbonyl (C=O) groups is 2. The summed E-state index contributed by atoms with van der Waals surface area (Å²) >= 11 is 0. The van der Waals surface area contributed by atoms with E-state index in [1.54, 1.807) is 23.2 Å². The summed E-state index contributed by atoms with van der Waals surface area (Å²) in [5.41, 5.74) is 0.243. The molecule has 1 aliphatic carbocycles. The van der Waals surface area contributed by atoms with Crippen molar-refractivity contribution in [2.24, 2.45) is 23.7 Å². The first kappa shape index (κ1) is 25.7. The van der Waals surface area contributed by atoms with Crippen LogP contribution in [0.3, 0.4) is 0 Å². The molecule has 0 aromatic carbocycles. The second-order valence-corrected chi connectivity index (χ2v) is 9.96. The number of aromatic nitrogens is 1. The quantitative estimate of drug-likeness (QED) is 0.619. The molecule has 3 fully saturated rings. The summed E-state index contributed by atoms with van der Waals surface area (Å²) in [5.74, 6) is -1.01. The van der Waals surface area contributed by atoms with Crippen molar-refractivity contribution in [3.8, 4) is 5.75 Å². The Hall–Kier alpha value is -2.36. The molecule has 1 N–H and O–H groups in total. The fourth-order valence-corrected chi connectivity index (χ4v) is 5.25. The average molecular weight is 498 g/mol. The monoisotopic (exact) mass is 497 g/mol. The van der Waals surface area contributed by atoms with Crippen LogP contribution in [0.2, 0.25) is 0 Å². The highest BCUT2D eigenvalue weighted by molar-refractivity contribution is 5.94. The van der Waals surface area contributed by atoms with Gasteiger partial charge in [-0.3, -0.25) is 9.59 Å². The van der Waals surface area contributed by atoms with E-state index in [0.717, 1.165) is 19.3 Å². The van der Waals surface area contributed by atoms with E-state index in [0.29, 0.717) is 64.0 Å². The number of carbonyl (C=O) groups excluding carboxylic acids is 2. The molecule has 1 unspecified atom stereocenters. The van der Waals surface area contributed by atoms with Crippen LogP contribution in [-0.2, 0) is 9.53 Å². The highest BCUT2D eigenvalue weighted by Gasteiger charge is 2.43. The zero-order valence-corrected chi connectivity index (χ0v) is 19.9. The molecule has 10 heteroatoms. The van der Waals surface area contributed by atoms with Gasteiger partial charge in [-0.25, -0.2) is 4.98 Å². The molecular weight excluding hydrogens is 463 g/mol. The van der Waals surface area contributed by atoms with Crippen molar-refractivity contribution in [2.45, 2.75) is 51.1 Å². The summed E-state index contributed by atoms with van der Waals surface area (Å²) in [6.45, 7) is 3.45. The molecule has 194 valence electrons. The lowest BCUT2D eigenvalue weighted by molar-refractivity contribution is -0.185. The molecule has 1 aromatic heterocycles. The SMILES string of the molecule is O=C(NCC1CCOCC1)c1ncccc1OCC1CCN(C(=O)[C@H]2CC[C@H](C(F)(F)F)CC2)C1. The summed E-state index contributed by atoms with van der Waals surface area (Å²) in [4.78, 5) is 31.5. The topological polar surface area (TPSA) is 80.8 Å². The van der Waals surface area contributed by atoms with Gasteiger partial charge in [0.1, 0.15) is 0 Å².